The predicted octanol–water partition coefficient (Wildman–Crippen LogP) is 2.80. The summed E-state index contributed by atoms with van der Waals surface area (Å²) in [5.74, 6) is -0.335. The molecule has 0 spiro atoms. The van der Waals surface area contributed by atoms with Gasteiger partial charge in [0.25, 0.3) is 11.8 Å². The Kier molecular flexibility index (Phi) is 5.03. The average molecular weight is 397 g/mol. The van der Waals surface area contributed by atoms with E-state index in [0.717, 1.165) is 25.9 Å². The van der Waals surface area contributed by atoms with Crippen molar-refractivity contribution in [2.24, 2.45) is 0 Å². The Labute approximate surface area is 166 Å². The van der Waals surface area contributed by atoms with E-state index in [1.165, 1.54) is 11.0 Å². The fraction of sp³-hybridized carbons (Fsp3) is 0.211. The Morgan fingerprint density at radius 2 is 1.79 bits per heavy atom. The van der Waals surface area contributed by atoms with Gasteiger partial charge in [0, 0.05) is 29.4 Å². The van der Waals surface area contributed by atoms with Gasteiger partial charge in [-0.3, -0.25) is 9.59 Å². The van der Waals surface area contributed by atoms with E-state index in [0.29, 0.717) is 27.5 Å². The van der Waals surface area contributed by atoms with Crippen molar-refractivity contribution in [3.63, 3.8) is 0 Å². The summed E-state index contributed by atoms with van der Waals surface area (Å²) in [7, 11) is 0. The van der Waals surface area contributed by atoms with Gasteiger partial charge in [-0.05, 0) is 65.7 Å². The predicted molar refractivity (Wildman–Crippen MR) is 104 cm³/mol. The zero-order valence-corrected chi connectivity index (χ0v) is 15.6. The Hall–Kier alpha value is -3.26. The van der Waals surface area contributed by atoms with Crippen molar-refractivity contribution in [2.75, 3.05) is 18.4 Å². The molecule has 2 aromatic carbocycles. The maximum Gasteiger partial charge on any atom is 0.257 e. The molecule has 9 heteroatoms. The third-order valence-corrected chi connectivity index (χ3v) is 4.82. The van der Waals surface area contributed by atoms with E-state index in [1.807, 2.05) is 4.90 Å². The molecule has 0 saturated carbocycles. The number of anilines is 1. The van der Waals surface area contributed by atoms with Crippen LogP contribution in [0.15, 0.2) is 48.8 Å². The van der Waals surface area contributed by atoms with Gasteiger partial charge in [0.1, 0.15) is 6.33 Å². The Morgan fingerprint density at radius 1 is 1.04 bits per heavy atom. The first kappa shape index (κ1) is 18.1. The lowest BCUT2D eigenvalue weighted by Crippen LogP contribution is -2.27. The summed E-state index contributed by atoms with van der Waals surface area (Å²) in [5, 5.41) is 14.3. The lowest BCUT2D eigenvalue weighted by Gasteiger charge is -2.15. The Bertz CT molecular complexity index is 998. The molecule has 1 aliphatic rings. The van der Waals surface area contributed by atoms with Crippen LogP contribution in [-0.2, 0) is 0 Å². The van der Waals surface area contributed by atoms with E-state index in [9.17, 15) is 9.59 Å². The first-order valence-corrected chi connectivity index (χ1v) is 9.23. The molecule has 1 aliphatic heterocycles. The molecule has 0 radical (unpaired) electrons. The standard InChI is InChI=1S/C19H17ClN6O2/c20-14-5-8-17(26-12-21-23-24-26)16(11-14)18(27)22-15-6-3-13(4-7-15)19(28)25-9-1-2-10-25/h3-8,11-12H,1-2,9-10H2,(H,22,27). The summed E-state index contributed by atoms with van der Waals surface area (Å²) in [5.41, 5.74) is 2.02. The molecule has 0 atom stereocenters. The molecule has 4 rings (SSSR count). The molecule has 1 fully saturated rings. The molecule has 28 heavy (non-hydrogen) atoms. The summed E-state index contributed by atoms with van der Waals surface area (Å²) in [6, 6.07) is 11.7. The highest BCUT2D eigenvalue weighted by molar-refractivity contribution is 6.31. The van der Waals surface area contributed by atoms with Crippen molar-refractivity contribution in [2.45, 2.75) is 12.8 Å². The van der Waals surface area contributed by atoms with Crippen LogP contribution in [0.1, 0.15) is 33.6 Å². The van der Waals surface area contributed by atoms with Crippen LogP contribution in [0.4, 0.5) is 5.69 Å². The maximum absolute atomic E-state index is 12.8. The molecule has 2 amide bonds. The number of aromatic nitrogens is 4. The average Bonchev–Trinajstić information content (AvgIpc) is 3.42. The minimum Gasteiger partial charge on any atom is -0.339 e. The maximum atomic E-state index is 12.8. The van der Waals surface area contributed by atoms with Crippen LogP contribution in [0.3, 0.4) is 0 Å². The molecule has 1 N–H and O–H groups in total. The molecule has 1 saturated heterocycles. The number of rotatable bonds is 4. The zero-order chi connectivity index (χ0) is 19.5. The van der Waals surface area contributed by atoms with Crippen LogP contribution < -0.4 is 5.32 Å². The largest absolute Gasteiger partial charge is 0.339 e. The first-order chi connectivity index (χ1) is 13.6. The number of carbonyl (C=O) groups excluding carboxylic acids is 2. The lowest BCUT2D eigenvalue weighted by atomic mass is 10.1. The molecular formula is C19H17ClN6O2. The van der Waals surface area contributed by atoms with Gasteiger partial charge in [-0.2, -0.15) is 4.68 Å². The molecule has 1 aromatic heterocycles. The number of nitrogens with zero attached hydrogens (tertiary/aromatic N) is 5. The van der Waals surface area contributed by atoms with Crippen molar-refractivity contribution in [3.8, 4) is 5.69 Å². The third kappa shape index (κ3) is 3.72. The second kappa shape index (κ2) is 7.77. The van der Waals surface area contributed by atoms with Gasteiger partial charge in [0.15, 0.2) is 0 Å². The number of tetrazole rings is 1. The number of likely N-dealkylation sites (tertiary alicyclic amines) is 1. The van der Waals surface area contributed by atoms with Gasteiger partial charge in [0.2, 0.25) is 0 Å². The highest BCUT2D eigenvalue weighted by atomic mass is 35.5. The monoisotopic (exact) mass is 396 g/mol. The number of halogens is 1. The molecule has 8 nitrogen and oxygen atoms in total. The first-order valence-electron chi connectivity index (χ1n) is 8.85. The van der Waals surface area contributed by atoms with Crippen LogP contribution in [0, 0.1) is 0 Å². The van der Waals surface area contributed by atoms with Crippen molar-refractivity contribution in [3.05, 3.63) is 64.9 Å². The van der Waals surface area contributed by atoms with E-state index in [2.05, 4.69) is 20.8 Å². The summed E-state index contributed by atoms with van der Waals surface area (Å²) >= 11 is 6.06. The Balaban J connectivity index is 1.53. The number of benzene rings is 2. The number of carbonyl (C=O) groups is 2. The molecule has 0 bridgehead atoms. The fourth-order valence-electron chi connectivity index (χ4n) is 3.16. The quantitative estimate of drug-likeness (QED) is 0.731. The van der Waals surface area contributed by atoms with Crippen LogP contribution >= 0.6 is 11.6 Å². The lowest BCUT2D eigenvalue weighted by molar-refractivity contribution is 0.0792. The molecule has 0 unspecified atom stereocenters. The summed E-state index contributed by atoms with van der Waals surface area (Å²) in [6.45, 7) is 1.60. The van der Waals surface area contributed by atoms with E-state index >= 15 is 0 Å². The molecule has 142 valence electrons. The minimum atomic E-state index is -0.355. The molecule has 3 aromatic rings. The summed E-state index contributed by atoms with van der Waals surface area (Å²) in [6.07, 6.45) is 3.49. The van der Waals surface area contributed by atoms with E-state index in [1.54, 1.807) is 42.5 Å². The van der Waals surface area contributed by atoms with Crippen molar-refractivity contribution < 1.29 is 9.59 Å². The van der Waals surface area contributed by atoms with Crippen molar-refractivity contribution in [1.82, 2.24) is 25.1 Å². The van der Waals surface area contributed by atoms with Crippen LogP contribution in [0.2, 0.25) is 5.02 Å². The van der Waals surface area contributed by atoms with E-state index in [4.69, 9.17) is 11.6 Å². The van der Waals surface area contributed by atoms with Crippen LogP contribution in [0.25, 0.3) is 5.69 Å². The highest BCUT2D eigenvalue weighted by Crippen LogP contribution is 2.21. The van der Waals surface area contributed by atoms with Gasteiger partial charge in [-0.1, -0.05) is 11.6 Å². The summed E-state index contributed by atoms with van der Waals surface area (Å²) in [4.78, 5) is 27.0. The van der Waals surface area contributed by atoms with E-state index < -0.39 is 0 Å². The van der Waals surface area contributed by atoms with Crippen LogP contribution in [0.5, 0.6) is 0 Å². The van der Waals surface area contributed by atoms with Crippen molar-refractivity contribution >= 4 is 29.1 Å². The van der Waals surface area contributed by atoms with Gasteiger partial charge in [0.05, 0.1) is 11.3 Å². The van der Waals surface area contributed by atoms with Gasteiger partial charge < -0.3 is 10.2 Å². The van der Waals surface area contributed by atoms with Gasteiger partial charge in [-0.25, -0.2) is 0 Å². The van der Waals surface area contributed by atoms with Gasteiger partial charge >= 0.3 is 0 Å². The molecule has 2 heterocycles. The molecular weight excluding hydrogens is 380 g/mol. The Morgan fingerprint density at radius 3 is 2.46 bits per heavy atom. The van der Waals surface area contributed by atoms with E-state index in [-0.39, 0.29) is 11.8 Å². The SMILES string of the molecule is O=C(Nc1ccc(C(=O)N2CCCC2)cc1)c1cc(Cl)ccc1-n1cnnn1. The summed E-state index contributed by atoms with van der Waals surface area (Å²) < 4.78 is 1.39. The second-order valence-corrected chi connectivity index (χ2v) is 6.88. The number of hydrogen-bond donors (Lipinski definition) is 1. The normalized spacial score (nSPS) is 13.5. The van der Waals surface area contributed by atoms with Gasteiger partial charge in [-0.15, -0.1) is 5.10 Å². The zero-order valence-electron chi connectivity index (χ0n) is 14.9. The number of hydrogen-bond acceptors (Lipinski definition) is 5. The smallest absolute Gasteiger partial charge is 0.257 e. The minimum absolute atomic E-state index is 0.0196. The highest BCUT2D eigenvalue weighted by Gasteiger charge is 2.20. The third-order valence-electron chi connectivity index (χ3n) is 4.58. The number of amides is 2. The number of nitrogens with one attached hydrogen (secondary N) is 1. The molecule has 0 aliphatic carbocycles. The topological polar surface area (TPSA) is 93.0 Å². The van der Waals surface area contributed by atoms with Crippen LogP contribution in [-0.4, -0.2) is 50.0 Å². The van der Waals surface area contributed by atoms with Crippen molar-refractivity contribution in [1.29, 1.82) is 0 Å². The second-order valence-electron chi connectivity index (χ2n) is 6.45. The fourth-order valence-corrected chi connectivity index (χ4v) is 3.33.